The smallest absolute Gasteiger partial charge is 0.142 e. The fraction of sp³-hybridized carbons (Fsp3) is 0.250. The first kappa shape index (κ1) is 14.8. The highest BCUT2D eigenvalue weighted by Gasteiger charge is 2.16. The van der Waals surface area contributed by atoms with E-state index in [0.29, 0.717) is 22.7 Å². The van der Waals surface area contributed by atoms with Crippen LogP contribution >= 0.6 is 0 Å². The van der Waals surface area contributed by atoms with Crippen LogP contribution in [0.3, 0.4) is 0 Å². The zero-order valence-electron chi connectivity index (χ0n) is 12.3. The van der Waals surface area contributed by atoms with Gasteiger partial charge in [-0.25, -0.2) is 0 Å². The van der Waals surface area contributed by atoms with E-state index < -0.39 is 0 Å². The second-order valence-electron chi connectivity index (χ2n) is 4.64. The lowest BCUT2D eigenvalue weighted by Gasteiger charge is -2.20. The Morgan fingerprint density at radius 2 is 1.67 bits per heavy atom. The molecule has 5 nitrogen and oxygen atoms in total. The molecule has 0 fully saturated rings. The summed E-state index contributed by atoms with van der Waals surface area (Å²) in [6.45, 7) is 1.84. The van der Waals surface area contributed by atoms with Crippen molar-refractivity contribution in [2.24, 2.45) is 0 Å². The van der Waals surface area contributed by atoms with E-state index in [1.54, 1.807) is 38.5 Å². The number of ether oxygens (including phenoxy) is 2. The minimum Gasteiger partial charge on any atom is -0.507 e. The van der Waals surface area contributed by atoms with E-state index in [0.717, 1.165) is 0 Å². The Bertz CT molecular complexity index is 607. The molecule has 1 unspecified atom stereocenters. The SMILES string of the molecule is COc1ccc(OC)c(NC(C)c2c(O)cccc2O)c1. The van der Waals surface area contributed by atoms with Crippen molar-refractivity contribution >= 4 is 5.69 Å². The Labute approximate surface area is 123 Å². The molecule has 2 rings (SSSR count). The molecule has 112 valence electrons. The molecule has 3 N–H and O–H groups in total. The fourth-order valence-corrected chi connectivity index (χ4v) is 2.22. The van der Waals surface area contributed by atoms with Crippen LogP contribution in [0, 0.1) is 0 Å². The van der Waals surface area contributed by atoms with Gasteiger partial charge in [0, 0.05) is 6.07 Å². The Kier molecular flexibility index (Phi) is 4.42. The van der Waals surface area contributed by atoms with Gasteiger partial charge < -0.3 is 25.0 Å². The predicted octanol–water partition coefficient (Wildman–Crippen LogP) is 3.29. The van der Waals surface area contributed by atoms with Crippen molar-refractivity contribution in [2.75, 3.05) is 19.5 Å². The van der Waals surface area contributed by atoms with Crippen LogP contribution in [-0.4, -0.2) is 24.4 Å². The van der Waals surface area contributed by atoms with Crippen LogP contribution in [0.25, 0.3) is 0 Å². The van der Waals surface area contributed by atoms with Crippen molar-refractivity contribution in [3.8, 4) is 23.0 Å². The van der Waals surface area contributed by atoms with Gasteiger partial charge >= 0.3 is 0 Å². The number of phenolic OH excluding ortho intramolecular Hbond substituents is 2. The minimum absolute atomic E-state index is 0.0388. The van der Waals surface area contributed by atoms with Gasteiger partial charge in [-0.15, -0.1) is 0 Å². The van der Waals surface area contributed by atoms with Crippen molar-refractivity contribution in [2.45, 2.75) is 13.0 Å². The van der Waals surface area contributed by atoms with Gasteiger partial charge in [0.15, 0.2) is 0 Å². The van der Waals surface area contributed by atoms with Crippen LogP contribution in [0.2, 0.25) is 0 Å². The molecule has 0 saturated heterocycles. The predicted molar refractivity (Wildman–Crippen MR) is 81.4 cm³/mol. The maximum absolute atomic E-state index is 9.91. The molecule has 0 radical (unpaired) electrons. The number of hydrogen-bond acceptors (Lipinski definition) is 5. The van der Waals surface area contributed by atoms with Crippen LogP contribution in [-0.2, 0) is 0 Å². The molecule has 2 aromatic carbocycles. The van der Waals surface area contributed by atoms with E-state index in [-0.39, 0.29) is 17.5 Å². The zero-order valence-corrected chi connectivity index (χ0v) is 12.3. The number of hydrogen-bond donors (Lipinski definition) is 3. The minimum atomic E-state index is -0.313. The third-order valence-electron chi connectivity index (χ3n) is 3.27. The lowest BCUT2D eigenvalue weighted by Crippen LogP contribution is -2.08. The van der Waals surface area contributed by atoms with Gasteiger partial charge in [-0.1, -0.05) is 6.07 Å². The first-order valence-electron chi connectivity index (χ1n) is 6.56. The van der Waals surface area contributed by atoms with Crippen LogP contribution < -0.4 is 14.8 Å². The summed E-state index contributed by atoms with van der Waals surface area (Å²) in [6.07, 6.45) is 0. The average Bonchev–Trinajstić information content (AvgIpc) is 2.47. The van der Waals surface area contributed by atoms with E-state index in [9.17, 15) is 10.2 Å². The highest BCUT2D eigenvalue weighted by Crippen LogP contribution is 2.37. The molecular weight excluding hydrogens is 270 g/mol. The molecule has 0 spiro atoms. The highest BCUT2D eigenvalue weighted by atomic mass is 16.5. The summed E-state index contributed by atoms with van der Waals surface area (Å²) in [5, 5.41) is 23.0. The molecule has 2 aromatic rings. The van der Waals surface area contributed by atoms with Gasteiger partial charge in [-0.3, -0.25) is 0 Å². The Hall–Kier alpha value is -2.56. The molecule has 0 aliphatic heterocycles. The number of nitrogens with one attached hydrogen (secondary N) is 1. The molecule has 0 saturated carbocycles. The monoisotopic (exact) mass is 289 g/mol. The molecule has 0 amide bonds. The summed E-state index contributed by atoms with van der Waals surface area (Å²) >= 11 is 0. The summed E-state index contributed by atoms with van der Waals surface area (Å²) in [7, 11) is 3.17. The molecule has 1 atom stereocenters. The Morgan fingerprint density at radius 3 is 2.24 bits per heavy atom. The zero-order chi connectivity index (χ0) is 15.4. The topological polar surface area (TPSA) is 71.0 Å². The standard InChI is InChI=1S/C16H19NO4/c1-10(16-13(18)5-4-6-14(16)19)17-12-9-11(20-2)7-8-15(12)21-3/h4-10,17-19H,1-3H3. The maximum Gasteiger partial charge on any atom is 0.142 e. The van der Waals surface area contributed by atoms with Gasteiger partial charge in [0.25, 0.3) is 0 Å². The number of rotatable bonds is 5. The number of methoxy groups -OCH3 is 2. The second kappa shape index (κ2) is 6.26. The third kappa shape index (κ3) is 3.13. The summed E-state index contributed by atoms with van der Waals surface area (Å²) in [4.78, 5) is 0. The van der Waals surface area contributed by atoms with E-state index in [1.807, 2.05) is 6.92 Å². The van der Waals surface area contributed by atoms with E-state index in [4.69, 9.17) is 9.47 Å². The van der Waals surface area contributed by atoms with Crippen molar-refractivity contribution in [3.05, 3.63) is 42.0 Å². The fourth-order valence-electron chi connectivity index (χ4n) is 2.22. The first-order chi connectivity index (χ1) is 10.1. The highest BCUT2D eigenvalue weighted by molar-refractivity contribution is 5.61. The Morgan fingerprint density at radius 1 is 1.00 bits per heavy atom. The first-order valence-corrected chi connectivity index (χ1v) is 6.56. The molecule has 0 aromatic heterocycles. The normalized spacial score (nSPS) is 11.8. The van der Waals surface area contributed by atoms with Crippen LogP contribution in [0.15, 0.2) is 36.4 Å². The van der Waals surface area contributed by atoms with Crippen LogP contribution in [0.1, 0.15) is 18.5 Å². The maximum atomic E-state index is 9.91. The molecule has 21 heavy (non-hydrogen) atoms. The van der Waals surface area contributed by atoms with Gasteiger partial charge in [-0.2, -0.15) is 0 Å². The largest absolute Gasteiger partial charge is 0.507 e. The lowest BCUT2D eigenvalue weighted by molar-refractivity contribution is 0.404. The summed E-state index contributed by atoms with van der Waals surface area (Å²) in [6, 6.07) is 9.74. The summed E-state index contributed by atoms with van der Waals surface area (Å²) in [5.74, 6) is 1.42. The molecule has 0 heterocycles. The van der Waals surface area contributed by atoms with Crippen LogP contribution in [0.4, 0.5) is 5.69 Å². The number of benzene rings is 2. The number of aromatic hydroxyl groups is 2. The van der Waals surface area contributed by atoms with Crippen molar-refractivity contribution < 1.29 is 19.7 Å². The van der Waals surface area contributed by atoms with Gasteiger partial charge in [0.1, 0.15) is 23.0 Å². The Balaban J connectivity index is 2.33. The molecule has 5 heteroatoms. The van der Waals surface area contributed by atoms with E-state index in [2.05, 4.69) is 5.32 Å². The van der Waals surface area contributed by atoms with Gasteiger partial charge in [0.2, 0.25) is 0 Å². The van der Waals surface area contributed by atoms with Gasteiger partial charge in [-0.05, 0) is 31.2 Å². The average molecular weight is 289 g/mol. The third-order valence-corrected chi connectivity index (χ3v) is 3.27. The molecular formula is C16H19NO4. The second-order valence-corrected chi connectivity index (χ2v) is 4.64. The van der Waals surface area contributed by atoms with Crippen molar-refractivity contribution in [1.82, 2.24) is 0 Å². The lowest BCUT2D eigenvalue weighted by atomic mass is 10.1. The van der Waals surface area contributed by atoms with E-state index in [1.165, 1.54) is 12.1 Å². The molecule has 0 bridgehead atoms. The van der Waals surface area contributed by atoms with Crippen molar-refractivity contribution in [3.63, 3.8) is 0 Å². The van der Waals surface area contributed by atoms with Crippen LogP contribution in [0.5, 0.6) is 23.0 Å². The van der Waals surface area contributed by atoms with E-state index >= 15 is 0 Å². The number of anilines is 1. The summed E-state index contributed by atoms with van der Waals surface area (Å²) in [5.41, 5.74) is 1.15. The quantitative estimate of drug-likeness (QED) is 0.788. The molecule has 0 aliphatic rings. The summed E-state index contributed by atoms with van der Waals surface area (Å²) < 4.78 is 10.5. The van der Waals surface area contributed by atoms with Gasteiger partial charge in [0.05, 0.1) is 31.5 Å². The number of phenols is 2. The van der Waals surface area contributed by atoms with Crippen molar-refractivity contribution in [1.29, 1.82) is 0 Å². The molecule has 0 aliphatic carbocycles.